The number of ether oxygens (including phenoxy) is 2. The van der Waals surface area contributed by atoms with Gasteiger partial charge in [0.1, 0.15) is 0 Å². The number of carbonyl (C=O) groups is 1. The van der Waals surface area contributed by atoms with Crippen molar-refractivity contribution >= 4 is 11.6 Å². The highest BCUT2D eigenvalue weighted by Gasteiger charge is 2.28. The summed E-state index contributed by atoms with van der Waals surface area (Å²) in [4.78, 5) is 14.6. The van der Waals surface area contributed by atoms with Crippen molar-refractivity contribution in [3.8, 4) is 11.5 Å². The van der Waals surface area contributed by atoms with E-state index in [-0.39, 0.29) is 5.91 Å². The number of nitrogens with zero attached hydrogens (tertiary/aromatic N) is 1. The molecule has 0 heterocycles. The third kappa shape index (κ3) is 3.60. The van der Waals surface area contributed by atoms with Gasteiger partial charge in [0.2, 0.25) is 0 Å². The Kier molecular flexibility index (Phi) is 4.94. The van der Waals surface area contributed by atoms with Crippen LogP contribution < -0.4 is 15.2 Å². The van der Waals surface area contributed by atoms with E-state index in [4.69, 9.17) is 15.2 Å². The Balaban J connectivity index is 2.26. The maximum atomic E-state index is 12.7. The normalized spacial score (nSPS) is 13.9. The van der Waals surface area contributed by atoms with Crippen LogP contribution in [-0.4, -0.2) is 38.1 Å². The number of anilines is 1. The topological polar surface area (TPSA) is 64.8 Å². The lowest BCUT2D eigenvalue weighted by Crippen LogP contribution is -2.34. The van der Waals surface area contributed by atoms with Gasteiger partial charge in [0.25, 0.3) is 5.91 Å². The molecule has 1 fully saturated rings. The molecule has 2 rings (SSSR count). The van der Waals surface area contributed by atoms with Gasteiger partial charge in [-0.15, -0.1) is 0 Å². The average molecular weight is 292 g/mol. The first-order chi connectivity index (χ1) is 10.1. The zero-order valence-corrected chi connectivity index (χ0v) is 13.0. The molecule has 0 unspecified atom stereocenters. The van der Waals surface area contributed by atoms with E-state index < -0.39 is 0 Å². The molecule has 0 saturated heterocycles. The fourth-order valence-electron chi connectivity index (χ4n) is 2.41. The third-order valence-electron chi connectivity index (χ3n) is 3.74. The van der Waals surface area contributed by atoms with Crippen LogP contribution in [0.15, 0.2) is 12.1 Å². The molecule has 21 heavy (non-hydrogen) atoms. The second kappa shape index (κ2) is 6.70. The SMILES string of the molecule is CCCN(CC1CC1)C(=O)c1cc(OC)c(OC)cc1N. The first-order valence-corrected chi connectivity index (χ1v) is 7.41. The standard InChI is InChI=1S/C16H24N2O3/c1-4-7-18(10-11-5-6-11)16(19)12-8-14(20-2)15(21-3)9-13(12)17/h8-9,11H,4-7,10,17H2,1-3H3. The maximum absolute atomic E-state index is 12.7. The molecule has 1 aromatic carbocycles. The molecule has 1 aliphatic carbocycles. The Morgan fingerprint density at radius 2 is 1.90 bits per heavy atom. The molecule has 5 nitrogen and oxygen atoms in total. The molecular formula is C16H24N2O3. The summed E-state index contributed by atoms with van der Waals surface area (Å²) in [6, 6.07) is 3.32. The molecule has 1 aliphatic rings. The van der Waals surface area contributed by atoms with E-state index in [1.165, 1.54) is 12.8 Å². The quantitative estimate of drug-likeness (QED) is 0.784. The Morgan fingerprint density at radius 1 is 1.29 bits per heavy atom. The molecule has 116 valence electrons. The molecule has 0 aromatic heterocycles. The lowest BCUT2D eigenvalue weighted by Gasteiger charge is -2.23. The Bertz CT molecular complexity index is 512. The van der Waals surface area contributed by atoms with Crippen molar-refractivity contribution in [2.24, 2.45) is 5.92 Å². The van der Waals surface area contributed by atoms with Crippen molar-refractivity contribution in [1.82, 2.24) is 4.90 Å². The van der Waals surface area contributed by atoms with Gasteiger partial charge in [-0.3, -0.25) is 4.79 Å². The predicted octanol–water partition coefficient (Wildman–Crippen LogP) is 2.55. The van der Waals surface area contributed by atoms with Gasteiger partial charge in [-0.1, -0.05) is 6.92 Å². The van der Waals surface area contributed by atoms with Gasteiger partial charge in [-0.2, -0.15) is 0 Å². The second-order valence-corrected chi connectivity index (χ2v) is 5.49. The van der Waals surface area contributed by atoms with Crippen LogP contribution in [0.25, 0.3) is 0 Å². The molecule has 0 atom stereocenters. The number of hydrogen-bond donors (Lipinski definition) is 1. The number of nitrogen functional groups attached to an aromatic ring is 1. The van der Waals surface area contributed by atoms with E-state index >= 15 is 0 Å². The smallest absolute Gasteiger partial charge is 0.256 e. The molecule has 2 N–H and O–H groups in total. The summed E-state index contributed by atoms with van der Waals surface area (Å²) in [5.74, 6) is 1.69. The minimum Gasteiger partial charge on any atom is -0.493 e. The van der Waals surface area contributed by atoms with Gasteiger partial charge in [0.15, 0.2) is 11.5 Å². The highest BCUT2D eigenvalue weighted by molar-refractivity contribution is 6.00. The Morgan fingerprint density at radius 3 is 2.43 bits per heavy atom. The first-order valence-electron chi connectivity index (χ1n) is 7.41. The van der Waals surface area contributed by atoms with Crippen LogP contribution in [0.3, 0.4) is 0 Å². The molecule has 0 bridgehead atoms. The van der Waals surface area contributed by atoms with E-state index in [0.29, 0.717) is 28.7 Å². The fraction of sp³-hybridized carbons (Fsp3) is 0.562. The largest absolute Gasteiger partial charge is 0.493 e. The summed E-state index contributed by atoms with van der Waals surface area (Å²) in [6.45, 7) is 3.65. The average Bonchev–Trinajstić information content (AvgIpc) is 3.29. The third-order valence-corrected chi connectivity index (χ3v) is 3.74. The van der Waals surface area contributed by atoms with Crippen molar-refractivity contribution in [1.29, 1.82) is 0 Å². The Hall–Kier alpha value is -1.91. The molecule has 0 aliphatic heterocycles. The summed E-state index contributed by atoms with van der Waals surface area (Å²) < 4.78 is 10.5. The van der Waals surface area contributed by atoms with Crippen LogP contribution in [0.5, 0.6) is 11.5 Å². The lowest BCUT2D eigenvalue weighted by molar-refractivity contribution is 0.0748. The molecule has 1 amide bonds. The van der Waals surface area contributed by atoms with Crippen LogP contribution in [0.1, 0.15) is 36.5 Å². The highest BCUT2D eigenvalue weighted by atomic mass is 16.5. The number of nitrogens with two attached hydrogens (primary N) is 1. The molecule has 5 heteroatoms. The molecule has 1 saturated carbocycles. The molecular weight excluding hydrogens is 268 g/mol. The van der Waals surface area contributed by atoms with Crippen molar-refractivity contribution in [2.45, 2.75) is 26.2 Å². The second-order valence-electron chi connectivity index (χ2n) is 5.49. The molecule has 0 radical (unpaired) electrons. The van der Waals surface area contributed by atoms with Crippen molar-refractivity contribution in [3.05, 3.63) is 17.7 Å². The van der Waals surface area contributed by atoms with Gasteiger partial charge < -0.3 is 20.1 Å². The first kappa shape index (κ1) is 15.5. The number of benzene rings is 1. The summed E-state index contributed by atoms with van der Waals surface area (Å²) >= 11 is 0. The Labute approximate surface area is 126 Å². The maximum Gasteiger partial charge on any atom is 0.256 e. The zero-order chi connectivity index (χ0) is 15.4. The monoisotopic (exact) mass is 292 g/mol. The summed E-state index contributed by atoms with van der Waals surface area (Å²) in [6.07, 6.45) is 3.37. The van der Waals surface area contributed by atoms with Crippen LogP contribution >= 0.6 is 0 Å². The number of methoxy groups -OCH3 is 2. The van der Waals surface area contributed by atoms with Gasteiger partial charge in [0, 0.05) is 24.8 Å². The van der Waals surface area contributed by atoms with Crippen LogP contribution in [0.2, 0.25) is 0 Å². The van der Waals surface area contributed by atoms with E-state index in [9.17, 15) is 4.79 Å². The zero-order valence-electron chi connectivity index (χ0n) is 13.0. The minimum absolute atomic E-state index is 0.0257. The molecule has 1 aromatic rings. The van der Waals surface area contributed by atoms with E-state index in [1.807, 2.05) is 4.90 Å². The number of carbonyl (C=O) groups excluding carboxylic acids is 1. The van der Waals surface area contributed by atoms with Gasteiger partial charge in [-0.25, -0.2) is 0 Å². The fourth-order valence-corrected chi connectivity index (χ4v) is 2.41. The van der Waals surface area contributed by atoms with E-state index in [1.54, 1.807) is 26.4 Å². The van der Waals surface area contributed by atoms with Gasteiger partial charge in [-0.05, 0) is 31.2 Å². The van der Waals surface area contributed by atoms with E-state index in [0.717, 1.165) is 19.5 Å². The summed E-state index contributed by atoms with van der Waals surface area (Å²) in [7, 11) is 3.10. The minimum atomic E-state index is -0.0257. The summed E-state index contributed by atoms with van der Waals surface area (Å²) in [5, 5.41) is 0. The number of rotatable bonds is 7. The van der Waals surface area contributed by atoms with Crippen LogP contribution in [0.4, 0.5) is 5.69 Å². The van der Waals surface area contributed by atoms with Crippen molar-refractivity contribution < 1.29 is 14.3 Å². The van der Waals surface area contributed by atoms with Crippen molar-refractivity contribution in [2.75, 3.05) is 33.0 Å². The predicted molar refractivity (Wildman–Crippen MR) is 82.9 cm³/mol. The van der Waals surface area contributed by atoms with Gasteiger partial charge in [0.05, 0.1) is 19.8 Å². The summed E-state index contributed by atoms with van der Waals surface area (Å²) in [5.41, 5.74) is 6.93. The van der Waals surface area contributed by atoms with E-state index in [2.05, 4.69) is 6.92 Å². The van der Waals surface area contributed by atoms with Crippen LogP contribution in [-0.2, 0) is 0 Å². The van der Waals surface area contributed by atoms with Crippen LogP contribution in [0, 0.1) is 5.92 Å². The number of amides is 1. The molecule has 0 spiro atoms. The highest BCUT2D eigenvalue weighted by Crippen LogP contribution is 2.34. The van der Waals surface area contributed by atoms with Crippen molar-refractivity contribution in [3.63, 3.8) is 0 Å². The number of hydrogen-bond acceptors (Lipinski definition) is 4. The lowest BCUT2D eigenvalue weighted by atomic mass is 10.1. The van der Waals surface area contributed by atoms with Gasteiger partial charge >= 0.3 is 0 Å².